The quantitative estimate of drug-likeness (QED) is 0.719. The van der Waals surface area contributed by atoms with E-state index in [0.717, 1.165) is 26.1 Å². The monoisotopic (exact) mass is 299 g/mol. The molecule has 1 rings (SSSR count). The van der Waals surface area contributed by atoms with E-state index < -0.39 is 5.54 Å². The van der Waals surface area contributed by atoms with Crippen molar-refractivity contribution in [3.05, 3.63) is 0 Å². The van der Waals surface area contributed by atoms with E-state index in [-0.39, 0.29) is 5.97 Å². The predicted molar refractivity (Wildman–Crippen MR) is 86.5 cm³/mol. The Hall–Kier alpha value is -0.650. The van der Waals surface area contributed by atoms with E-state index in [0.29, 0.717) is 12.1 Å². The summed E-state index contributed by atoms with van der Waals surface area (Å²) >= 11 is 0. The summed E-state index contributed by atoms with van der Waals surface area (Å²) in [6.45, 7) is 9.24. The van der Waals surface area contributed by atoms with Gasteiger partial charge in [-0.05, 0) is 66.8 Å². The highest BCUT2D eigenvalue weighted by Gasteiger charge is 2.37. The molecule has 1 saturated heterocycles. The molecule has 1 heterocycles. The molecule has 0 saturated carbocycles. The number of likely N-dealkylation sites (tertiary alicyclic amines) is 1. The zero-order valence-corrected chi connectivity index (χ0v) is 14.6. The van der Waals surface area contributed by atoms with Crippen molar-refractivity contribution >= 4 is 5.97 Å². The van der Waals surface area contributed by atoms with E-state index in [1.807, 2.05) is 13.8 Å². The molecule has 0 aromatic carbocycles. The standard InChI is InChI=1S/C16H33N3O2/c1-7-17-16(3,15(20)21-6)12-13(2)19(5)14-8-10-18(4)11-9-14/h13-14,17H,7-12H2,1-6H3. The number of hydrogen-bond acceptors (Lipinski definition) is 5. The SMILES string of the molecule is CCNC(C)(CC(C)N(C)C1CCN(C)CC1)C(=O)OC. The van der Waals surface area contributed by atoms with Crippen LogP contribution >= 0.6 is 0 Å². The Balaban J connectivity index is 2.63. The number of ether oxygens (including phenoxy) is 1. The highest BCUT2D eigenvalue weighted by atomic mass is 16.5. The Bertz CT molecular complexity index is 329. The number of carbonyl (C=O) groups is 1. The number of piperidine rings is 1. The lowest BCUT2D eigenvalue weighted by Gasteiger charge is -2.41. The highest BCUT2D eigenvalue weighted by Crippen LogP contribution is 2.22. The van der Waals surface area contributed by atoms with Crippen molar-refractivity contribution in [3.63, 3.8) is 0 Å². The predicted octanol–water partition coefficient (Wildman–Crippen LogP) is 1.33. The minimum absolute atomic E-state index is 0.173. The van der Waals surface area contributed by atoms with Crippen LogP contribution in [0.4, 0.5) is 0 Å². The van der Waals surface area contributed by atoms with E-state index in [2.05, 4.69) is 36.1 Å². The molecule has 0 aliphatic carbocycles. The summed E-state index contributed by atoms with van der Waals surface area (Å²) in [5, 5.41) is 3.30. The summed E-state index contributed by atoms with van der Waals surface area (Å²) in [6.07, 6.45) is 3.16. The fourth-order valence-corrected chi connectivity index (χ4v) is 3.34. The van der Waals surface area contributed by atoms with Gasteiger partial charge in [-0.25, -0.2) is 0 Å². The first-order chi connectivity index (χ1) is 9.84. The van der Waals surface area contributed by atoms with Gasteiger partial charge in [-0.1, -0.05) is 6.92 Å². The number of methoxy groups -OCH3 is 1. The Morgan fingerprint density at radius 2 is 2.05 bits per heavy atom. The topological polar surface area (TPSA) is 44.8 Å². The average Bonchev–Trinajstić information content (AvgIpc) is 2.46. The van der Waals surface area contributed by atoms with Gasteiger partial charge in [-0.2, -0.15) is 0 Å². The van der Waals surface area contributed by atoms with Crippen LogP contribution in [0.1, 0.15) is 40.0 Å². The number of likely N-dealkylation sites (N-methyl/N-ethyl adjacent to an activating group) is 1. The molecule has 2 unspecified atom stereocenters. The van der Waals surface area contributed by atoms with Crippen LogP contribution in [0.2, 0.25) is 0 Å². The number of carbonyl (C=O) groups excluding carboxylic acids is 1. The Morgan fingerprint density at radius 1 is 1.48 bits per heavy atom. The lowest BCUT2D eigenvalue weighted by Crippen LogP contribution is -2.55. The molecule has 1 N–H and O–H groups in total. The van der Waals surface area contributed by atoms with Crippen LogP contribution in [-0.2, 0) is 9.53 Å². The summed E-state index contributed by atoms with van der Waals surface area (Å²) in [5.74, 6) is -0.173. The zero-order valence-electron chi connectivity index (χ0n) is 14.6. The fraction of sp³-hybridized carbons (Fsp3) is 0.938. The van der Waals surface area contributed by atoms with Gasteiger partial charge in [0.1, 0.15) is 5.54 Å². The lowest BCUT2D eigenvalue weighted by atomic mass is 9.91. The molecule has 5 heteroatoms. The van der Waals surface area contributed by atoms with Crippen molar-refractivity contribution in [1.29, 1.82) is 0 Å². The van der Waals surface area contributed by atoms with Crippen molar-refractivity contribution in [2.45, 2.75) is 57.7 Å². The molecule has 0 bridgehead atoms. The Morgan fingerprint density at radius 3 is 2.52 bits per heavy atom. The zero-order chi connectivity index (χ0) is 16.0. The average molecular weight is 299 g/mol. The van der Waals surface area contributed by atoms with Crippen LogP contribution < -0.4 is 5.32 Å². The maximum absolute atomic E-state index is 12.1. The van der Waals surface area contributed by atoms with E-state index >= 15 is 0 Å². The van der Waals surface area contributed by atoms with Crippen molar-refractivity contribution in [2.75, 3.05) is 40.8 Å². The van der Waals surface area contributed by atoms with Crippen LogP contribution in [0.5, 0.6) is 0 Å². The van der Waals surface area contributed by atoms with Crippen molar-refractivity contribution in [1.82, 2.24) is 15.1 Å². The van der Waals surface area contributed by atoms with E-state index in [1.54, 1.807) is 0 Å². The van der Waals surface area contributed by atoms with Gasteiger partial charge in [0.25, 0.3) is 0 Å². The van der Waals surface area contributed by atoms with Crippen molar-refractivity contribution in [3.8, 4) is 0 Å². The third kappa shape index (κ3) is 4.94. The molecule has 1 aliphatic heterocycles. The number of nitrogens with zero attached hydrogens (tertiary/aromatic N) is 2. The Kier molecular flexibility index (Phi) is 7.10. The molecule has 5 nitrogen and oxygen atoms in total. The van der Waals surface area contributed by atoms with Gasteiger partial charge in [-0.15, -0.1) is 0 Å². The van der Waals surface area contributed by atoms with Gasteiger partial charge in [0.05, 0.1) is 7.11 Å². The molecule has 0 amide bonds. The molecule has 1 aliphatic rings. The van der Waals surface area contributed by atoms with Crippen molar-refractivity contribution in [2.24, 2.45) is 0 Å². The molecule has 0 aromatic rings. The first kappa shape index (κ1) is 18.4. The van der Waals surface area contributed by atoms with Gasteiger partial charge in [-0.3, -0.25) is 4.79 Å². The maximum Gasteiger partial charge on any atom is 0.325 e. The van der Waals surface area contributed by atoms with Gasteiger partial charge in [0, 0.05) is 12.1 Å². The molecule has 2 atom stereocenters. The van der Waals surface area contributed by atoms with Crippen LogP contribution in [-0.4, -0.2) is 74.2 Å². The summed E-state index contributed by atoms with van der Waals surface area (Å²) in [4.78, 5) is 16.9. The summed E-state index contributed by atoms with van der Waals surface area (Å²) in [5.41, 5.74) is -0.608. The normalized spacial score (nSPS) is 22.0. The second-order valence-electron chi connectivity index (χ2n) is 6.61. The van der Waals surface area contributed by atoms with Crippen LogP contribution in [0, 0.1) is 0 Å². The third-order valence-corrected chi connectivity index (χ3v) is 4.87. The Labute approximate surface area is 130 Å². The molecule has 0 aromatic heterocycles. The van der Waals surface area contributed by atoms with Crippen LogP contribution in [0.3, 0.4) is 0 Å². The molecular weight excluding hydrogens is 266 g/mol. The van der Waals surface area contributed by atoms with Crippen molar-refractivity contribution < 1.29 is 9.53 Å². The summed E-state index contributed by atoms with van der Waals surface area (Å²) in [6, 6.07) is 0.946. The first-order valence-corrected chi connectivity index (χ1v) is 8.08. The fourth-order valence-electron chi connectivity index (χ4n) is 3.34. The van der Waals surface area contributed by atoms with E-state index in [9.17, 15) is 4.79 Å². The summed E-state index contributed by atoms with van der Waals surface area (Å²) < 4.78 is 4.98. The molecule has 1 fully saturated rings. The minimum Gasteiger partial charge on any atom is -0.468 e. The highest BCUT2D eigenvalue weighted by molar-refractivity contribution is 5.80. The second kappa shape index (κ2) is 8.11. The third-order valence-electron chi connectivity index (χ3n) is 4.87. The minimum atomic E-state index is -0.608. The van der Waals surface area contributed by atoms with E-state index in [4.69, 9.17) is 4.74 Å². The largest absolute Gasteiger partial charge is 0.468 e. The molecule has 0 spiro atoms. The summed E-state index contributed by atoms with van der Waals surface area (Å²) in [7, 11) is 5.83. The number of hydrogen-bond donors (Lipinski definition) is 1. The first-order valence-electron chi connectivity index (χ1n) is 8.08. The van der Waals surface area contributed by atoms with Gasteiger partial charge < -0.3 is 19.9 Å². The van der Waals surface area contributed by atoms with Crippen LogP contribution in [0.25, 0.3) is 0 Å². The van der Waals surface area contributed by atoms with E-state index in [1.165, 1.54) is 20.0 Å². The smallest absolute Gasteiger partial charge is 0.325 e. The molecule has 124 valence electrons. The van der Waals surface area contributed by atoms with Crippen LogP contribution in [0.15, 0.2) is 0 Å². The molecule has 21 heavy (non-hydrogen) atoms. The second-order valence-corrected chi connectivity index (χ2v) is 6.61. The molecular formula is C16H33N3O2. The lowest BCUT2D eigenvalue weighted by molar-refractivity contribution is -0.148. The number of esters is 1. The van der Waals surface area contributed by atoms with Gasteiger partial charge in [0.2, 0.25) is 0 Å². The van der Waals surface area contributed by atoms with Gasteiger partial charge in [0.15, 0.2) is 0 Å². The van der Waals surface area contributed by atoms with Gasteiger partial charge >= 0.3 is 5.97 Å². The number of rotatable bonds is 7. The number of nitrogens with one attached hydrogen (secondary N) is 1. The maximum atomic E-state index is 12.1. The molecule has 0 radical (unpaired) electrons.